The lowest BCUT2D eigenvalue weighted by Gasteiger charge is -2.28. The van der Waals surface area contributed by atoms with E-state index in [9.17, 15) is 20.1 Å². The fourth-order valence-corrected chi connectivity index (χ4v) is 4.02. The van der Waals surface area contributed by atoms with Crippen LogP contribution >= 0.6 is 0 Å². The number of aliphatic hydroxyl groups is 3. The van der Waals surface area contributed by atoms with Gasteiger partial charge in [0.15, 0.2) is 0 Å². The zero-order valence-corrected chi connectivity index (χ0v) is 16.8. The number of hydrogen-bond acceptors (Lipinski definition) is 6. The summed E-state index contributed by atoms with van der Waals surface area (Å²) < 4.78 is 11.3. The molecule has 1 saturated carbocycles. The largest absolute Gasteiger partial charge is 0.481 e. The van der Waals surface area contributed by atoms with Crippen molar-refractivity contribution in [1.82, 2.24) is 0 Å². The topological polar surface area (TPSA) is 116 Å². The zero-order chi connectivity index (χ0) is 21.5. The number of carbonyl (C=O) groups is 1. The first-order chi connectivity index (χ1) is 14.5. The molecule has 0 amide bonds. The molecular weight excluding hydrogens is 388 g/mol. The Morgan fingerprint density at radius 2 is 2.00 bits per heavy atom. The Morgan fingerprint density at radius 1 is 1.20 bits per heavy atom. The van der Waals surface area contributed by atoms with Crippen molar-refractivity contribution >= 4 is 5.97 Å². The highest BCUT2D eigenvalue weighted by Crippen LogP contribution is 2.36. The van der Waals surface area contributed by atoms with Crippen molar-refractivity contribution in [3.63, 3.8) is 0 Å². The molecule has 0 spiro atoms. The smallest absolute Gasteiger partial charge is 0.303 e. The van der Waals surface area contributed by atoms with Crippen molar-refractivity contribution in [2.24, 2.45) is 11.8 Å². The van der Waals surface area contributed by atoms with Gasteiger partial charge in [-0.15, -0.1) is 0 Å². The van der Waals surface area contributed by atoms with Crippen LogP contribution in [0.1, 0.15) is 37.7 Å². The lowest BCUT2D eigenvalue weighted by Crippen LogP contribution is -2.36. The van der Waals surface area contributed by atoms with E-state index in [1.807, 2.05) is 36.4 Å². The van der Waals surface area contributed by atoms with Crippen LogP contribution in [0.5, 0.6) is 5.75 Å². The number of carboxylic acid groups (broad SMARTS) is 1. The van der Waals surface area contributed by atoms with Crippen molar-refractivity contribution in [2.75, 3.05) is 0 Å². The summed E-state index contributed by atoms with van der Waals surface area (Å²) in [6.07, 6.45) is 6.20. The number of hydrogen-bond donors (Lipinski definition) is 4. The highest BCUT2D eigenvalue weighted by atomic mass is 16.7. The van der Waals surface area contributed by atoms with Gasteiger partial charge in [-0.05, 0) is 31.2 Å². The monoisotopic (exact) mass is 418 g/mol. The number of carboxylic acids is 1. The van der Waals surface area contributed by atoms with Crippen LogP contribution in [-0.4, -0.2) is 51.0 Å². The highest BCUT2D eigenvalue weighted by Gasteiger charge is 2.39. The molecular formula is C23H30O7. The minimum atomic E-state index is -1.00. The normalized spacial score (nSPS) is 29.8. The summed E-state index contributed by atoms with van der Waals surface area (Å²) in [6, 6.07) is 7.50. The Morgan fingerprint density at radius 3 is 2.80 bits per heavy atom. The van der Waals surface area contributed by atoms with Crippen molar-refractivity contribution in [3.8, 4) is 5.75 Å². The lowest BCUT2D eigenvalue weighted by atomic mass is 9.89. The number of para-hydroxylation sites is 1. The number of ether oxygens (including phenoxy) is 2. The van der Waals surface area contributed by atoms with Crippen molar-refractivity contribution < 1.29 is 34.7 Å². The van der Waals surface area contributed by atoms with Gasteiger partial charge in [-0.2, -0.15) is 0 Å². The molecule has 7 nitrogen and oxygen atoms in total. The van der Waals surface area contributed by atoms with Crippen LogP contribution in [-0.2, 0) is 16.1 Å². The van der Waals surface area contributed by atoms with Gasteiger partial charge in [-0.1, -0.05) is 42.5 Å². The molecule has 0 aromatic heterocycles. The second-order valence-electron chi connectivity index (χ2n) is 7.89. The summed E-state index contributed by atoms with van der Waals surface area (Å²) in [5.41, 5.74) is 0.925. The molecule has 1 aliphatic carbocycles. The number of fused-ring (bicyclic) bond motifs is 1. The maximum atomic E-state index is 10.5. The average Bonchev–Trinajstić information content (AvgIpc) is 3.00. The fraction of sp³-hybridized carbons (Fsp3) is 0.522. The quantitative estimate of drug-likeness (QED) is 0.359. The average molecular weight is 418 g/mol. The fourth-order valence-electron chi connectivity index (χ4n) is 4.02. The molecule has 0 saturated heterocycles. The van der Waals surface area contributed by atoms with E-state index in [2.05, 4.69) is 0 Å². The van der Waals surface area contributed by atoms with E-state index in [-0.39, 0.29) is 24.7 Å². The number of aliphatic hydroxyl groups excluding tert-OH is 3. The molecule has 0 radical (unpaired) electrons. The molecule has 1 aromatic carbocycles. The number of rotatable bonds is 9. The Balaban J connectivity index is 1.54. The van der Waals surface area contributed by atoms with Gasteiger partial charge < -0.3 is 29.9 Å². The van der Waals surface area contributed by atoms with Crippen LogP contribution in [0.3, 0.4) is 0 Å². The van der Waals surface area contributed by atoms with Gasteiger partial charge in [0.25, 0.3) is 0 Å². The molecule has 1 heterocycles. The van der Waals surface area contributed by atoms with Gasteiger partial charge in [0.1, 0.15) is 11.9 Å². The van der Waals surface area contributed by atoms with E-state index in [0.29, 0.717) is 31.6 Å². The second-order valence-corrected chi connectivity index (χ2v) is 7.89. The number of allylic oxidation sites excluding steroid dienone is 2. The first-order valence-corrected chi connectivity index (χ1v) is 10.4. The number of benzene rings is 1. The summed E-state index contributed by atoms with van der Waals surface area (Å²) in [5, 5.41) is 39.8. The first-order valence-electron chi connectivity index (χ1n) is 10.4. The van der Waals surface area contributed by atoms with E-state index in [1.165, 1.54) is 0 Å². The lowest BCUT2D eigenvalue weighted by molar-refractivity contribution is -0.152. The molecule has 4 N–H and O–H groups in total. The number of aliphatic carboxylic acids is 1. The summed E-state index contributed by atoms with van der Waals surface area (Å²) >= 11 is 0. The molecule has 0 unspecified atom stereocenters. The number of unbranched alkanes of at least 4 members (excludes halogenated alkanes) is 1. The van der Waals surface area contributed by atoms with Crippen LogP contribution < -0.4 is 4.74 Å². The molecule has 164 valence electrons. The van der Waals surface area contributed by atoms with Crippen LogP contribution in [0.25, 0.3) is 0 Å². The van der Waals surface area contributed by atoms with Crippen molar-refractivity contribution in [3.05, 3.63) is 54.1 Å². The van der Waals surface area contributed by atoms with Crippen LogP contribution in [0, 0.1) is 11.8 Å². The molecule has 2 aliphatic rings. The third-order valence-electron chi connectivity index (χ3n) is 5.68. The summed E-state index contributed by atoms with van der Waals surface area (Å²) in [7, 11) is 0. The molecule has 7 heteroatoms. The maximum Gasteiger partial charge on any atom is 0.303 e. The van der Waals surface area contributed by atoms with E-state index in [0.717, 1.165) is 5.56 Å². The SMILES string of the molecule is O=C(O)CCC/C=C\C[C@@H]1[C@@H](/C=C/[C@@H](O)[C@@H]2OCc3ccccc3O2)[C@H](O)C[C@@H]1O. The van der Waals surface area contributed by atoms with Gasteiger partial charge in [0.05, 0.1) is 18.8 Å². The standard InChI is InChI=1S/C23H30O7/c24-18(23-29-14-15-7-5-6-9-21(15)30-23)12-11-17-16(19(25)13-20(17)26)8-3-1-2-4-10-22(27)28/h1,3,5-7,9,11-12,16-20,23-26H,2,4,8,10,13-14H2,(H,27,28)/b3-1-,12-11+/t16-,17-,18-,19+,20-,23-/m1/s1. The molecule has 0 bridgehead atoms. The van der Waals surface area contributed by atoms with E-state index < -0.39 is 30.6 Å². The van der Waals surface area contributed by atoms with Gasteiger partial charge in [0.2, 0.25) is 6.29 Å². The van der Waals surface area contributed by atoms with Gasteiger partial charge in [0, 0.05) is 24.3 Å². The first kappa shape index (κ1) is 22.5. The van der Waals surface area contributed by atoms with Gasteiger partial charge in [-0.3, -0.25) is 4.79 Å². The van der Waals surface area contributed by atoms with Gasteiger partial charge in [-0.25, -0.2) is 0 Å². The van der Waals surface area contributed by atoms with E-state index in [4.69, 9.17) is 14.6 Å². The third kappa shape index (κ3) is 5.92. The third-order valence-corrected chi connectivity index (χ3v) is 5.68. The second kappa shape index (κ2) is 10.7. The minimum Gasteiger partial charge on any atom is -0.481 e. The Bertz CT molecular complexity index is 760. The van der Waals surface area contributed by atoms with E-state index in [1.54, 1.807) is 12.2 Å². The Hall–Kier alpha value is -2.19. The predicted octanol–water partition coefficient (Wildman–Crippen LogP) is 2.40. The van der Waals surface area contributed by atoms with Crippen molar-refractivity contribution in [2.45, 2.75) is 63.3 Å². The maximum absolute atomic E-state index is 10.5. The molecule has 30 heavy (non-hydrogen) atoms. The van der Waals surface area contributed by atoms with Gasteiger partial charge >= 0.3 is 5.97 Å². The minimum absolute atomic E-state index is 0.133. The zero-order valence-electron chi connectivity index (χ0n) is 16.8. The summed E-state index contributed by atoms with van der Waals surface area (Å²) in [6.45, 7) is 0.353. The molecule has 1 aliphatic heterocycles. The highest BCUT2D eigenvalue weighted by molar-refractivity contribution is 5.66. The van der Waals surface area contributed by atoms with Crippen LogP contribution in [0.15, 0.2) is 48.6 Å². The summed E-state index contributed by atoms with van der Waals surface area (Å²) in [4.78, 5) is 10.5. The molecule has 6 atom stereocenters. The Labute approximate surface area is 176 Å². The summed E-state index contributed by atoms with van der Waals surface area (Å²) in [5.74, 6) is -0.596. The molecule has 1 fully saturated rings. The van der Waals surface area contributed by atoms with Crippen LogP contribution in [0.2, 0.25) is 0 Å². The van der Waals surface area contributed by atoms with Crippen molar-refractivity contribution in [1.29, 1.82) is 0 Å². The Kier molecular flexibility index (Phi) is 8.04. The van der Waals surface area contributed by atoms with E-state index >= 15 is 0 Å². The molecule has 3 rings (SSSR count). The predicted molar refractivity (Wildman–Crippen MR) is 110 cm³/mol. The molecule has 1 aromatic rings. The van der Waals surface area contributed by atoms with Crippen LogP contribution in [0.4, 0.5) is 0 Å².